The van der Waals surface area contributed by atoms with E-state index in [4.69, 9.17) is 4.74 Å². The standard InChI is InChI=1S/C25H27N3O4/c1-4-26-24(30)21-15-28(14-18-9-6-5-7-10-18)16-22(23(21)29)25(31)27-17(2)19-11-8-12-20(13-19)32-3/h5-13,15-17H,4,14H2,1-3H3,(H,26,30)(H,27,31)/t17-/m1/s1. The number of carbonyl (C=O) groups is 2. The van der Waals surface area contributed by atoms with Gasteiger partial charge in [0, 0.05) is 25.5 Å². The van der Waals surface area contributed by atoms with Gasteiger partial charge in [0.05, 0.1) is 13.2 Å². The Kier molecular flexibility index (Phi) is 7.44. The minimum Gasteiger partial charge on any atom is -0.497 e. The van der Waals surface area contributed by atoms with E-state index in [2.05, 4.69) is 10.6 Å². The second kappa shape index (κ2) is 10.4. The third-order valence-electron chi connectivity index (χ3n) is 5.06. The van der Waals surface area contributed by atoms with Gasteiger partial charge in [-0.15, -0.1) is 0 Å². The largest absolute Gasteiger partial charge is 0.497 e. The lowest BCUT2D eigenvalue weighted by Crippen LogP contribution is -2.36. The molecule has 3 rings (SSSR count). The van der Waals surface area contributed by atoms with E-state index in [1.165, 1.54) is 12.4 Å². The zero-order valence-corrected chi connectivity index (χ0v) is 18.4. The summed E-state index contributed by atoms with van der Waals surface area (Å²) < 4.78 is 6.93. The Hall–Kier alpha value is -3.87. The van der Waals surface area contributed by atoms with Gasteiger partial charge in [0.1, 0.15) is 16.9 Å². The molecule has 32 heavy (non-hydrogen) atoms. The molecule has 2 N–H and O–H groups in total. The quantitative estimate of drug-likeness (QED) is 0.571. The van der Waals surface area contributed by atoms with Crippen LogP contribution >= 0.6 is 0 Å². The van der Waals surface area contributed by atoms with Crippen molar-refractivity contribution in [1.29, 1.82) is 0 Å². The highest BCUT2D eigenvalue weighted by Gasteiger charge is 2.21. The van der Waals surface area contributed by atoms with Crippen LogP contribution in [0.25, 0.3) is 0 Å². The molecule has 0 bridgehead atoms. The number of nitrogens with one attached hydrogen (secondary N) is 2. The number of methoxy groups -OCH3 is 1. The van der Waals surface area contributed by atoms with Crippen molar-refractivity contribution in [3.8, 4) is 5.75 Å². The van der Waals surface area contributed by atoms with Crippen molar-refractivity contribution in [1.82, 2.24) is 15.2 Å². The first kappa shape index (κ1) is 22.8. The number of ether oxygens (including phenoxy) is 1. The number of aromatic nitrogens is 1. The van der Waals surface area contributed by atoms with Gasteiger partial charge in [-0.2, -0.15) is 0 Å². The lowest BCUT2D eigenvalue weighted by Gasteiger charge is -2.17. The highest BCUT2D eigenvalue weighted by molar-refractivity contribution is 5.99. The molecule has 7 heteroatoms. The van der Waals surface area contributed by atoms with Crippen LogP contribution in [-0.4, -0.2) is 30.0 Å². The Morgan fingerprint density at radius 2 is 1.69 bits per heavy atom. The van der Waals surface area contributed by atoms with Crippen LogP contribution in [-0.2, 0) is 6.54 Å². The van der Waals surface area contributed by atoms with Crippen molar-refractivity contribution in [2.75, 3.05) is 13.7 Å². The third-order valence-corrected chi connectivity index (χ3v) is 5.06. The van der Waals surface area contributed by atoms with Crippen molar-refractivity contribution >= 4 is 11.8 Å². The van der Waals surface area contributed by atoms with Gasteiger partial charge < -0.3 is 19.9 Å². The van der Waals surface area contributed by atoms with Gasteiger partial charge in [0.15, 0.2) is 0 Å². The van der Waals surface area contributed by atoms with E-state index in [1.807, 2.05) is 61.5 Å². The fourth-order valence-electron chi connectivity index (χ4n) is 3.36. The molecule has 0 saturated carbocycles. The Bertz CT molecular complexity index is 1160. The van der Waals surface area contributed by atoms with Crippen molar-refractivity contribution in [3.63, 3.8) is 0 Å². The number of carbonyl (C=O) groups excluding carboxylic acids is 2. The van der Waals surface area contributed by atoms with Gasteiger partial charge in [0.2, 0.25) is 5.43 Å². The summed E-state index contributed by atoms with van der Waals surface area (Å²) in [5.41, 5.74) is 1.07. The van der Waals surface area contributed by atoms with E-state index < -0.39 is 17.2 Å². The monoisotopic (exact) mass is 433 g/mol. The topological polar surface area (TPSA) is 89.4 Å². The Morgan fingerprint density at radius 3 is 2.34 bits per heavy atom. The van der Waals surface area contributed by atoms with Crippen LogP contribution in [0.4, 0.5) is 0 Å². The summed E-state index contributed by atoms with van der Waals surface area (Å²) in [5.74, 6) is -0.375. The smallest absolute Gasteiger partial charge is 0.257 e. The number of hydrogen-bond donors (Lipinski definition) is 2. The molecule has 166 valence electrons. The summed E-state index contributed by atoms with van der Waals surface area (Å²) in [6.45, 7) is 4.38. The van der Waals surface area contributed by atoms with Crippen molar-refractivity contribution in [2.24, 2.45) is 0 Å². The number of amides is 2. The average molecular weight is 434 g/mol. The first-order valence-corrected chi connectivity index (χ1v) is 10.4. The first-order chi connectivity index (χ1) is 15.4. The molecule has 0 unspecified atom stereocenters. The summed E-state index contributed by atoms with van der Waals surface area (Å²) in [5, 5.41) is 5.50. The van der Waals surface area contributed by atoms with Crippen LogP contribution < -0.4 is 20.8 Å². The second-order valence-electron chi connectivity index (χ2n) is 7.40. The highest BCUT2D eigenvalue weighted by atomic mass is 16.5. The molecule has 0 saturated heterocycles. The van der Waals surface area contributed by atoms with E-state index in [1.54, 1.807) is 18.6 Å². The molecule has 1 heterocycles. The van der Waals surface area contributed by atoms with Gasteiger partial charge >= 0.3 is 0 Å². The van der Waals surface area contributed by atoms with Gasteiger partial charge in [-0.3, -0.25) is 14.4 Å². The Labute approximate surface area is 187 Å². The SMILES string of the molecule is CCNC(=O)c1cn(Cc2ccccc2)cc(C(=O)N[C@H](C)c2cccc(OC)c2)c1=O. The van der Waals surface area contributed by atoms with E-state index in [-0.39, 0.29) is 17.2 Å². The lowest BCUT2D eigenvalue weighted by molar-refractivity contribution is 0.0938. The van der Waals surface area contributed by atoms with Crippen LogP contribution in [0.15, 0.2) is 71.8 Å². The van der Waals surface area contributed by atoms with Gasteiger partial charge in [-0.25, -0.2) is 0 Å². The summed E-state index contributed by atoms with van der Waals surface area (Å²) in [4.78, 5) is 38.5. The van der Waals surface area contributed by atoms with E-state index in [9.17, 15) is 14.4 Å². The molecule has 0 fully saturated rings. The molecular weight excluding hydrogens is 406 g/mol. The molecule has 0 aliphatic heterocycles. The lowest BCUT2D eigenvalue weighted by atomic mass is 10.1. The molecule has 0 aliphatic rings. The van der Waals surface area contributed by atoms with E-state index >= 15 is 0 Å². The predicted octanol–water partition coefficient (Wildman–Crippen LogP) is 3.15. The number of benzene rings is 2. The minimum atomic E-state index is -0.601. The molecule has 0 radical (unpaired) electrons. The molecule has 2 amide bonds. The molecular formula is C25H27N3O4. The highest BCUT2D eigenvalue weighted by Crippen LogP contribution is 2.19. The first-order valence-electron chi connectivity index (χ1n) is 10.4. The van der Waals surface area contributed by atoms with Crippen LogP contribution in [0.2, 0.25) is 0 Å². The molecule has 3 aromatic rings. The number of rotatable bonds is 8. The fraction of sp³-hybridized carbons (Fsp3) is 0.240. The predicted molar refractivity (Wildman–Crippen MR) is 123 cm³/mol. The molecule has 1 aromatic heterocycles. The zero-order valence-electron chi connectivity index (χ0n) is 18.4. The zero-order chi connectivity index (χ0) is 23.1. The Morgan fingerprint density at radius 1 is 1.00 bits per heavy atom. The van der Waals surface area contributed by atoms with Gasteiger partial charge in [-0.1, -0.05) is 42.5 Å². The van der Waals surface area contributed by atoms with Crippen LogP contribution in [0, 0.1) is 0 Å². The third kappa shape index (κ3) is 5.43. The van der Waals surface area contributed by atoms with Crippen LogP contribution in [0.1, 0.15) is 51.7 Å². The summed E-state index contributed by atoms with van der Waals surface area (Å²) in [6.07, 6.45) is 2.98. The van der Waals surface area contributed by atoms with E-state index in [0.29, 0.717) is 18.8 Å². The normalized spacial score (nSPS) is 11.5. The maximum Gasteiger partial charge on any atom is 0.257 e. The maximum atomic E-state index is 13.1. The van der Waals surface area contributed by atoms with Crippen molar-refractivity contribution in [2.45, 2.75) is 26.4 Å². The summed E-state index contributed by atoms with van der Waals surface area (Å²) in [7, 11) is 1.57. The molecule has 1 atom stereocenters. The summed E-state index contributed by atoms with van der Waals surface area (Å²) >= 11 is 0. The number of hydrogen-bond acceptors (Lipinski definition) is 4. The van der Waals surface area contributed by atoms with Gasteiger partial charge in [0.25, 0.3) is 11.8 Å². The van der Waals surface area contributed by atoms with E-state index in [0.717, 1.165) is 11.1 Å². The molecule has 7 nitrogen and oxygen atoms in total. The van der Waals surface area contributed by atoms with Gasteiger partial charge in [-0.05, 0) is 37.1 Å². The van der Waals surface area contributed by atoms with Crippen molar-refractivity contribution < 1.29 is 14.3 Å². The number of nitrogens with zero attached hydrogens (tertiary/aromatic N) is 1. The van der Waals surface area contributed by atoms with Crippen LogP contribution in [0.3, 0.4) is 0 Å². The summed E-state index contributed by atoms with van der Waals surface area (Å²) in [6, 6.07) is 16.6. The second-order valence-corrected chi connectivity index (χ2v) is 7.40. The Balaban J connectivity index is 1.94. The minimum absolute atomic E-state index is 0.0653. The average Bonchev–Trinajstić information content (AvgIpc) is 2.80. The fourth-order valence-corrected chi connectivity index (χ4v) is 3.36. The molecule has 0 spiro atoms. The number of pyridine rings is 1. The van der Waals surface area contributed by atoms with Crippen LogP contribution in [0.5, 0.6) is 5.75 Å². The maximum absolute atomic E-state index is 13.1. The molecule has 0 aliphatic carbocycles. The molecule has 2 aromatic carbocycles. The van der Waals surface area contributed by atoms with Crippen molar-refractivity contribution in [3.05, 3.63) is 99.5 Å².